The summed E-state index contributed by atoms with van der Waals surface area (Å²) in [5.74, 6) is 4.12. The maximum atomic E-state index is 12.0. The fraction of sp³-hybridized carbons (Fsp3) is 0.905. The summed E-state index contributed by atoms with van der Waals surface area (Å²) in [4.78, 5) is 0. The molecule has 2 saturated carbocycles. The van der Waals surface area contributed by atoms with Crippen LogP contribution in [-0.2, 0) is 0 Å². The molecule has 2 aliphatic rings. The largest absolute Gasteiger partial charge is 0.251 e. The van der Waals surface area contributed by atoms with Crippen molar-refractivity contribution < 1.29 is 4.39 Å². The molecule has 0 saturated heterocycles. The van der Waals surface area contributed by atoms with Crippen molar-refractivity contribution in [2.45, 2.75) is 90.4 Å². The Morgan fingerprint density at radius 2 is 1.32 bits per heavy atom. The van der Waals surface area contributed by atoms with Crippen molar-refractivity contribution in [2.24, 2.45) is 23.7 Å². The van der Waals surface area contributed by atoms with Crippen LogP contribution in [0.5, 0.6) is 0 Å². The van der Waals surface area contributed by atoms with Gasteiger partial charge in [-0.1, -0.05) is 51.2 Å². The van der Waals surface area contributed by atoms with Gasteiger partial charge in [0.25, 0.3) is 0 Å². The zero-order chi connectivity index (χ0) is 15.6. The van der Waals surface area contributed by atoms with E-state index in [1.165, 1.54) is 70.6 Å². The average molecular weight is 309 g/mol. The van der Waals surface area contributed by atoms with Gasteiger partial charge in [-0.15, -0.1) is 0 Å². The smallest absolute Gasteiger partial charge is 0.0897 e. The van der Waals surface area contributed by atoms with Crippen LogP contribution in [0.15, 0.2) is 12.2 Å². The van der Waals surface area contributed by atoms with Crippen LogP contribution in [0.3, 0.4) is 0 Å². The Morgan fingerprint density at radius 1 is 0.773 bits per heavy atom. The summed E-state index contributed by atoms with van der Waals surface area (Å²) >= 11 is 0. The molecule has 128 valence electrons. The van der Waals surface area contributed by atoms with Crippen molar-refractivity contribution >= 4 is 0 Å². The van der Waals surface area contributed by atoms with Crippen LogP contribution in [0.1, 0.15) is 90.4 Å². The number of alkyl halides is 1. The molecule has 2 fully saturated rings. The minimum Gasteiger partial charge on any atom is -0.251 e. The lowest BCUT2D eigenvalue weighted by atomic mass is 9.68. The molecule has 22 heavy (non-hydrogen) atoms. The summed E-state index contributed by atoms with van der Waals surface area (Å²) in [7, 11) is 0. The van der Waals surface area contributed by atoms with Gasteiger partial charge in [0.15, 0.2) is 0 Å². The zero-order valence-electron chi connectivity index (χ0n) is 14.7. The number of unbranched alkanes of at least 4 members (excludes halogenated alkanes) is 1. The van der Waals surface area contributed by atoms with Gasteiger partial charge in [0, 0.05) is 0 Å². The Morgan fingerprint density at radius 3 is 1.86 bits per heavy atom. The molecule has 0 nitrogen and oxygen atoms in total. The van der Waals surface area contributed by atoms with E-state index in [4.69, 9.17) is 0 Å². The molecule has 0 bridgehead atoms. The predicted octanol–water partition coefficient (Wildman–Crippen LogP) is 7.10. The minimum atomic E-state index is -0.172. The Hall–Kier alpha value is -0.330. The number of hydrogen-bond acceptors (Lipinski definition) is 0. The molecule has 0 atom stereocenters. The highest BCUT2D eigenvalue weighted by Crippen LogP contribution is 2.42. The molecule has 0 radical (unpaired) electrons. The Labute approximate surface area is 138 Å². The lowest BCUT2D eigenvalue weighted by molar-refractivity contribution is 0.143. The summed E-state index contributed by atoms with van der Waals surface area (Å²) in [6.45, 7) is 2.19. The van der Waals surface area contributed by atoms with Crippen LogP contribution in [-0.4, -0.2) is 6.67 Å². The lowest BCUT2D eigenvalue weighted by Gasteiger charge is -2.37. The lowest BCUT2D eigenvalue weighted by Crippen LogP contribution is -2.25. The van der Waals surface area contributed by atoms with Gasteiger partial charge >= 0.3 is 0 Å². The maximum Gasteiger partial charge on any atom is 0.0897 e. The van der Waals surface area contributed by atoms with E-state index in [2.05, 4.69) is 19.1 Å². The monoisotopic (exact) mass is 308 g/mol. The van der Waals surface area contributed by atoms with Gasteiger partial charge in [0.2, 0.25) is 0 Å². The first kappa shape index (κ1) is 18.0. The van der Waals surface area contributed by atoms with E-state index in [1.807, 2.05) is 0 Å². The molecule has 0 spiro atoms. The molecule has 0 aromatic rings. The minimum absolute atomic E-state index is 0.172. The normalized spacial score (nSPS) is 33.4. The van der Waals surface area contributed by atoms with Crippen molar-refractivity contribution in [3.8, 4) is 0 Å². The Kier molecular flexibility index (Phi) is 8.55. The molecule has 1 heteroatoms. The molecule has 0 unspecified atom stereocenters. The SMILES string of the molecule is CCC1CCC(C2CCC(CC/C=C/CCCF)CC2)CC1. The fourth-order valence-corrected chi connectivity index (χ4v) is 4.78. The highest BCUT2D eigenvalue weighted by atomic mass is 19.1. The second-order valence-corrected chi connectivity index (χ2v) is 7.85. The molecule has 0 aliphatic heterocycles. The topological polar surface area (TPSA) is 0 Å². The summed E-state index contributed by atoms with van der Waals surface area (Å²) in [6.07, 6.45) is 22.0. The van der Waals surface area contributed by atoms with Gasteiger partial charge < -0.3 is 0 Å². The van der Waals surface area contributed by atoms with Crippen LogP contribution in [0, 0.1) is 23.7 Å². The molecule has 0 aromatic heterocycles. The van der Waals surface area contributed by atoms with E-state index in [-0.39, 0.29) is 6.67 Å². The molecule has 0 aromatic carbocycles. The van der Waals surface area contributed by atoms with Crippen molar-refractivity contribution in [2.75, 3.05) is 6.67 Å². The van der Waals surface area contributed by atoms with Gasteiger partial charge in [0.1, 0.15) is 0 Å². The molecular weight excluding hydrogens is 271 g/mol. The predicted molar refractivity (Wildman–Crippen MR) is 94.8 cm³/mol. The second kappa shape index (κ2) is 10.4. The zero-order valence-corrected chi connectivity index (χ0v) is 14.7. The van der Waals surface area contributed by atoms with E-state index >= 15 is 0 Å². The summed E-state index contributed by atoms with van der Waals surface area (Å²) < 4.78 is 12.0. The summed E-state index contributed by atoms with van der Waals surface area (Å²) in [5.41, 5.74) is 0. The van der Waals surface area contributed by atoms with Crippen LogP contribution >= 0.6 is 0 Å². The van der Waals surface area contributed by atoms with Crippen molar-refractivity contribution in [3.63, 3.8) is 0 Å². The molecule has 0 amide bonds. The standard InChI is InChI=1S/C21H37F/c1-2-18-9-13-20(14-10-18)21-15-11-19(12-16-21)8-6-4-3-5-7-17-22/h3-4,18-21H,2,5-17H2,1H3/b4-3+. The first-order valence-corrected chi connectivity index (χ1v) is 10.0. The second-order valence-electron chi connectivity index (χ2n) is 7.85. The number of hydrogen-bond donors (Lipinski definition) is 0. The molecular formula is C21H37F. The molecule has 0 N–H and O–H groups in total. The van der Waals surface area contributed by atoms with Gasteiger partial charge in [-0.2, -0.15) is 0 Å². The molecule has 0 heterocycles. The van der Waals surface area contributed by atoms with Crippen molar-refractivity contribution in [1.29, 1.82) is 0 Å². The Balaban J connectivity index is 1.57. The third-order valence-electron chi connectivity index (χ3n) is 6.44. The van der Waals surface area contributed by atoms with Crippen LogP contribution in [0.4, 0.5) is 4.39 Å². The molecule has 2 aliphatic carbocycles. The highest BCUT2D eigenvalue weighted by Gasteiger charge is 2.30. The fourth-order valence-electron chi connectivity index (χ4n) is 4.78. The quantitative estimate of drug-likeness (QED) is 0.331. The number of rotatable bonds is 8. The van der Waals surface area contributed by atoms with Gasteiger partial charge in [-0.05, 0) is 75.0 Å². The summed E-state index contributed by atoms with van der Waals surface area (Å²) in [5, 5.41) is 0. The first-order valence-electron chi connectivity index (χ1n) is 10.0. The van der Waals surface area contributed by atoms with E-state index < -0.39 is 0 Å². The van der Waals surface area contributed by atoms with Crippen molar-refractivity contribution in [3.05, 3.63) is 12.2 Å². The van der Waals surface area contributed by atoms with Crippen LogP contribution < -0.4 is 0 Å². The third kappa shape index (κ3) is 6.05. The summed E-state index contributed by atoms with van der Waals surface area (Å²) in [6, 6.07) is 0. The van der Waals surface area contributed by atoms with Crippen molar-refractivity contribution in [1.82, 2.24) is 0 Å². The maximum absolute atomic E-state index is 12.0. The first-order chi connectivity index (χ1) is 10.8. The third-order valence-corrected chi connectivity index (χ3v) is 6.44. The number of halogens is 1. The molecule has 2 rings (SSSR count). The van der Waals surface area contributed by atoms with E-state index in [0.29, 0.717) is 6.42 Å². The Bertz CT molecular complexity index is 293. The van der Waals surface area contributed by atoms with E-state index in [9.17, 15) is 4.39 Å². The van der Waals surface area contributed by atoms with E-state index in [0.717, 1.165) is 30.1 Å². The number of allylic oxidation sites excluding steroid dienone is 2. The van der Waals surface area contributed by atoms with E-state index in [1.54, 1.807) is 0 Å². The van der Waals surface area contributed by atoms with Gasteiger partial charge in [0.05, 0.1) is 6.67 Å². The highest BCUT2D eigenvalue weighted by molar-refractivity contribution is 4.85. The van der Waals surface area contributed by atoms with Gasteiger partial charge in [-0.3, -0.25) is 4.39 Å². The average Bonchev–Trinajstić information content (AvgIpc) is 2.59. The van der Waals surface area contributed by atoms with Crippen LogP contribution in [0.25, 0.3) is 0 Å². The van der Waals surface area contributed by atoms with Gasteiger partial charge in [-0.25, -0.2) is 0 Å². The van der Waals surface area contributed by atoms with Crippen LogP contribution in [0.2, 0.25) is 0 Å².